The molecule has 0 spiro atoms. The molecular formula is C46H40BrNNa2O14S2. The molecule has 0 saturated carbocycles. The molecule has 20 heteroatoms. The van der Waals surface area contributed by atoms with Crippen molar-refractivity contribution in [3.05, 3.63) is 136 Å². The summed E-state index contributed by atoms with van der Waals surface area (Å²) < 4.78 is 84.8. The van der Waals surface area contributed by atoms with Crippen molar-refractivity contribution in [2.24, 2.45) is 0 Å². The summed E-state index contributed by atoms with van der Waals surface area (Å²) in [5.74, 6) is -0.579. The normalized spacial score (nSPS) is 12.3. The van der Waals surface area contributed by atoms with E-state index in [0.29, 0.717) is 38.0 Å². The number of para-hydroxylation sites is 1. The number of fused-ring (bicyclic) bond motifs is 2. The van der Waals surface area contributed by atoms with Gasteiger partial charge >= 0.3 is 59.1 Å². The first-order valence-corrected chi connectivity index (χ1v) is 22.4. The topological polar surface area (TPSA) is 296 Å². The van der Waals surface area contributed by atoms with Gasteiger partial charge in [-0.05, 0) is 111 Å². The van der Waals surface area contributed by atoms with Crippen LogP contribution in [-0.4, -0.2) is 59.7 Å². The summed E-state index contributed by atoms with van der Waals surface area (Å²) in [6.07, 6.45) is 0. The molecule has 0 aliphatic carbocycles. The quantitative estimate of drug-likeness (QED) is 0.0662. The summed E-state index contributed by atoms with van der Waals surface area (Å²) in [7, 11) is -9.52. The minimum atomic E-state index is -4.76. The molecule has 0 atom stereocenters. The number of ether oxygens (including phenoxy) is 2. The predicted octanol–water partition coefficient (Wildman–Crippen LogP) is 1.65. The Morgan fingerprint density at radius 2 is 0.909 bits per heavy atom. The molecule has 15 nitrogen and oxygen atoms in total. The molecule has 0 saturated heterocycles. The molecule has 0 bridgehead atoms. The van der Waals surface area contributed by atoms with Crippen LogP contribution in [0.4, 0.5) is 5.69 Å². The van der Waals surface area contributed by atoms with Crippen LogP contribution in [0, 0.1) is 0 Å². The molecule has 2 amide bonds. The number of benzene rings is 8. The molecule has 1 heterocycles. The van der Waals surface area contributed by atoms with E-state index in [4.69, 9.17) is 9.47 Å². The first kappa shape index (κ1) is 56.3. The third-order valence-electron chi connectivity index (χ3n) is 11.0. The number of imide groups is 1. The Balaban J connectivity index is 0.00000193. The van der Waals surface area contributed by atoms with Gasteiger partial charge in [-0.3, -0.25) is 9.59 Å². The van der Waals surface area contributed by atoms with Gasteiger partial charge in [0.2, 0.25) is 0 Å². The van der Waals surface area contributed by atoms with Gasteiger partial charge in [0, 0.05) is 26.0 Å². The second-order valence-corrected chi connectivity index (χ2v) is 18.9. The largest absolute Gasteiger partial charge is 1.00 e. The summed E-state index contributed by atoms with van der Waals surface area (Å²) >= 11 is 3.70. The number of carbonyl (C=O) groups excluding carboxylic acids is 2. The van der Waals surface area contributed by atoms with Gasteiger partial charge in [-0.2, -0.15) is 0 Å². The number of nitrogens with zero attached hydrogens (tertiary/aromatic N) is 1. The van der Waals surface area contributed by atoms with Crippen molar-refractivity contribution in [3.63, 3.8) is 0 Å². The van der Waals surface area contributed by atoms with Crippen LogP contribution >= 0.6 is 15.9 Å². The number of halogens is 1. The summed E-state index contributed by atoms with van der Waals surface area (Å²) in [4.78, 5) is 30.8. The summed E-state index contributed by atoms with van der Waals surface area (Å²) in [6, 6.07) is 28.4. The van der Waals surface area contributed by atoms with Crippen molar-refractivity contribution in [1.29, 1.82) is 0 Å². The maximum atomic E-state index is 15.3. The van der Waals surface area contributed by atoms with Crippen molar-refractivity contribution in [1.82, 2.24) is 0 Å². The molecule has 9 rings (SSSR count). The average Bonchev–Trinajstić information content (AvgIpc) is 3.20. The molecule has 0 fully saturated rings. The van der Waals surface area contributed by atoms with Crippen molar-refractivity contribution < 1.29 is 126 Å². The van der Waals surface area contributed by atoms with Crippen molar-refractivity contribution >= 4 is 96.8 Å². The zero-order valence-electron chi connectivity index (χ0n) is 36.3. The fourth-order valence-corrected chi connectivity index (χ4v) is 9.72. The van der Waals surface area contributed by atoms with Gasteiger partial charge in [-0.25, -0.2) is 21.7 Å². The molecular weight excluding hydrogens is 981 g/mol. The molecule has 0 radical (unpaired) electrons. The zero-order valence-corrected chi connectivity index (χ0v) is 43.5. The van der Waals surface area contributed by atoms with Gasteiger partial charge in [0.05, 0.1) is 26.6 Å². The van der Waals surface area contributed by atoms with Gasteiger partial charge in [0.15, 0.2) is 0 Å². The van der Waals surface area contributed by atoms with E-state index in [2.05, 4.69) is 15.9 Å². The molecule has 8 aromatic rings. The second-order valence-electron chi connectivity index (χ2n) is 15.3. The third kappa shape index (κ3) is 9.39. The maximum absolute atomic E-state index is 15.3. The van der Waals surface area contributed by atoms with E-state index in [1.165, 1.54) is 29.2 Å². The van der Waals surface area contributed by atoms with Gasteiger partial charge in [0.25, 0.3) is 11.8 Å². The van der Waals surface area contributed by atoms with Crippen LogP contribution in [0.15, 0.2) is 123 Å². The molecule has 66 heavy (non-hydrogen) atoms. The van der Waals surface area contributed by atoms with Crippen LogP contribution in [0.1, 0.15) is 71.4 Å². The SMILES string of the molecule is CC(C)c1cccc(C(C)C)c1N1C(=O)c2cc(Oc3ccc(S(=O)(=O)[O-])cc3)c3c4cccc5c(Br)ccc(c6c(Oc7ccc(S(=O)(=O)[O-])cc7)cc(c2c36)C1=O)c54.O.O.O.O.[Na+].[Na+]. The van der Waals surface area contributed by atoms with E-state index in [9.17, 15) is 25.9 Å². The summed E-state index contributed by atoms with van der Waals surface area (Å²) in [6.45, 7) is 7.95. The van der Waals surface area contributed by atoms with Crippen LogP contribution in [0.5, 0.6) is 23.0 Å². The van der Waals surface area contributed by atoms with Crippen LogP contribution in [0.2, 0.25) is 0 Å². The molecule has 0 unspecified atom stereocenters. The van der Waals surface area contributed by atoms with Gasteiger partial charge in [-0.1, -0.05) is 86.1 Å². The first-order valence-electron chi connectivity index (χ1n) is 18.8. The fourth-order valence-electron chi connectivity index (χ4n) is 8.32. The Morgan fingerprint density at radius 1 is 0.515 bits per heavy atom. The predicted molar refractivity (Wildman–Crippen MR) is 245 cm³/mol. The standard InChI is InChI=1S/C46H34BrNO10S2.2Na.4H2O/c1-23(2)29-7-5-8-30(24(3)4)44(29)48-45(49)34-21-37(57-25-11-15-27(16-12-25)59(51,52)53)41-32-10-6-9-31-36(47)20-19-33(39(31)32)42-38(22-35(46(48)50)40(34)43(41)42)58-26-13-17-28(18-14-26)60(54,55)56;;;;;;/h5-24H,1-4H3,(H,51,52,53)(H,54,55,56);;;4*1H2/q;2*+1;;;;/p-2. The Hall–Kier alpha value is -4.06. The average molecular weight is 1020 g/mol. The number of hydrogen-bond acceptors (Lipinski definition) is 10. The Bertz CT molecular complexity index is 3210. The molecule has 8 N–H and O–H groups in total. The monoisotopic (exact) mass is 1020 g/mol. The molecule has 8 aromatic carbocycles. The van der Waals surface area contributed by atoms with Crippen LogP contribution in [0.25, 0.3) is 43.1 Å². The molecule has 1 aliphatic heterocycles. The van der Waals surface area contributed by atoms with Gasteiger partial charge < -0.3 is 40.5 Å². The van der Waals surface area contributed by atoms with Gasteiger partial charge in [-0.15, -0.1) is 0 Å². The fraction of sp³-hybridized carbons (Fsp3) is 0.130. The van der Waals surface area contributed by atoms with Crippen LogP contribution in [0.3, 0.4) is 0 Å². The summed E-state index contributed by atoms with van der Waals surface area (Å²) in [5, 5.41) is 4.90. The minimum Gasteiger partial charge on any atom is -0.744 e. The van der Waals surface area contributed by atoms with Gasteiger partial charge in [0.1, 0.15) is 43.2 Å². The van der Waals surface area contributed by atoms with E-state index in [1.54, 1.807) is 12.1 Å². The third-order valence-corrected chi connectivity index (χ3v) is 13.4. The van der Waals surface area contributed by atoms with Crippen molar-refractivity contribution in [2.75, 3.05) is 4.90 Å². The Labute approximate surface area is 431 Å². The van der Waals surface area contributed by atoms with E-state index in [-0.39, 0.29) is 127 Å². The zero-order chi connectivity index (χ0) is 42.6. The van der Waals surface area contributed by atoms with Crippen molar-refractivity contribution in [2.45, 2.75) is 49.3 Å². The number of rotatable bonds is 9. The minimum absolute atomic E-state index is 0. The van der Waals surface area contributed by atoms with E-state index < -0.39 is 41.8 Å². The first-order chi connectivity index (χ1) is 28.4. The number of amides is 2. The number of hydrogen-bond donors (Lipinski definition) is 0. The smallest absolute Gasteiger partial charge is 0.744 e. The summed E-state index contributed by atoms with van der Waals surface area (Å²) in [5.41, 5.74) is 2.38. The van der Waals surface area contributed by atoms with Crippen LogP contribution < -0.4 is 73.5 Å². The number of anilines is 1. The van der Waals surface area contributed by atoms with E-state index in [1.807, 2.05) is 76.2 Å². The Kier molecular flexibility index (Phi) is 17.6. The molecule has 334 valence electrons. The number of carbonyl (C=O) groups is 2. The Morgan fingerprint density at radius 3 is 1.32 bits per heavy atom. The van der Waals surface area contributed by atoms with Crippen LogP contribution in [-0.2, 0) is 20.2 Å². The van der Waals surface area contributed by atoms with E-state index in [0.717, 1.165) is 50.6 Å². The van der Waals surface area contributed by atoms with Crippen molar-refractivity contribution in [3.8, 4) is 23.0 Å². The molecule has 0 aromatic heterocycles. The second kappa shape index (κ2) is 20.7. The van der Waals surface area contributed by atoms with E-state index >= 15 is 9.59 Å². The maximum Gasteiger partial charge on any atom is 1.00 e. The molecule has 1 aliphatic rings.